The van der Waals surface area contributed by atoms with Gasteiger partial charge in [-0.15, -0.1) is 11.8 Å². The number of rotatable bonds is 5. The molecule has 0 radical (unpaired) electrons. The average molecular weight is 298 g/mol. The Morgan fingerprint density at radius 3 is 2.89 bits per heavy atom. The summed E-state index contributed by atoms with van der Waals surface area (Å²) in [4.78, 5) is 1.03. The standard InChI is InChI=1S/C13H16ClN3OS/c1-17-13(11(18-2)7-16-17)10(15)8-19-12-6-4-3-5-9(12)14/h3-7,10H,8,15H2,1-2H3. The van der Waals surface area contributed by atoms with Gasteiger partial charge in [0.15, 0.2) is 5.75 Å². The average Bonchev–Trinajstić information content (AvgIpc) is 2.78. The summed E-state index contributed by atoms with van der Waals surface area (Å²) in [7, 11) is 3.48. The van der Waals surface area contributed by atoms with E-state index in [-0.39, 0.29) is 6.04 Å². The molecule has 6 heteroatoms. The van der Waals surface area contributed by atoms with E-state index in [1.54, 1.807) is 29.8 Å². The Morgan fingerprint density at radius 1 is 1.47 bits per heavy atom. The highest BCUT2D eigenvalue weighted by Gasteiger charge is 2.17. The van der Waals surface area contributed by atoms with Crippen molar-refractivity contribution >= 4 is 23.4 Å². The molecule has 0 bridgehead atoms. The molecule has 1 atom stereocenters. The molecule has 0 saturated carbocycles. The summed E-state index contributed by atoms with van der Waals surface area (Å²) in [5.41, 5.74) is 7.10. The molecule has 0 aliphatic carbocycles. The van der Waals surface area contributed by atoms with Crippen LogP contribution >= 0.6 is 23.4 Å². The molecule has 2 aromatic rings. The second-order valence-electron chi connectivity index (χ2n) is 4.07. The van der Waals surface area contributed by atoms with Crippen molar-refractivity contribution in [2.45, 2.75) is 10.9 Å². The van der Waals surface area contributed by atoms with Gasteiger partial charge in [-0.2, -0.15) is 5.10 Å². The fraction of sp³-hybridized carbons (Fsp3) is 0.308. The number of halogens is 1. The number of benzene rings is 1. The lowest BCUT2D eigenvalue weighted by Crippen LogP contribution is -2.17. The van der Waals surface area contributed by atoms with Gasteiger partial charge in [0.1, 0.15) is 0 Å². The molecular formula is C13H16ClN3OS. The van der Waals surface area contributed by atoms with Gasteiger partial charge >= 0.3 is 0 Å². The van der Waals surface area contributed by atoms with Crippen molar-refractivity contribution in [1.82, 2.24) is 9.78 Å². The Labute approximate surface area is 121 Å². The third-order valence-corrected chi connectivity index (χ3v) is 4.41. The van der Waals surface area contributed by atoms with E-state index in [9.17, 15) is 0 Å². The van der Waals surface area contributed by atoms with E-state index in [1.807, 2.05) is 31.3 Å². The van der Waals surface area contributed by atoms with Crippen molar-refractivity contribution in [3.05, 3.63) is 41.2 Å². The van der Waals surface area contributed by atoms with Gasteiger partial charge in [0, 0.05) is 17.7 Å². The predicted octanol–water partition coefficient (Wildman–Crippen LogP) is 2.87. The number of hydrogen-bond donors (Lipinski definition) is 1. The number of nitrogens with two attached hydrogens (primary N) is 1. The predicted molar refractivity (Wildman–Crippen MR) is 78.9 cm³/mol. The van der Waals surface area contributed by atoms with E-state index in [2.05, 4.69) is 5.10 Å². The number of aromatic nitrogens is 2. The second-order valence-corrected chi connectivity index (χ2v) is 5.54. The molecule has 102 valence electrons. The molecule has 1 aromatic heterocycles. The molecule has 0 amide bonds. The molecular weight excluding hydrogens is 282 g/mol. The molecule has 1 heterocycles. The van der Waals surface area contributed by atoms with Crippen LogP contribution in [0, 0.1) is 0 Å². The number of hydrogen-bond acceptors (Lipinski definition) is 4. The monoisotopic (exact) mass is 297 g/mol. The number of nitrogens with zero attached hydrogens (tertiary/aromatic N) is 2. The maximum atomic E-state index is 6.21. The summed E-state index contributed by atoms with van der Waals surface area (Å²) in [6.45, 7) is 0. The smallest absolute Gasteiger partial charge is 0.161 e. The number of thioether (sulfide) groups is 1. The van der Waals surface area contributed by atoms with Gasteiger partial charge in [0.25, 0.3) is 0 Å². The molecule has 1 aromatic carbocycles. The van der Waals surface area contributed by atoms with Crippen molar-refractivity contribution < 1.29 is 4.74 Å². The summed E-state index contributed by atoms with van der Waals surface area (Å²) in [6, 6.07) is 7.57. The van der Waals surface area contributed by atoms with Crippen molar-refractivity contribution in [2.75, 3.05) is 12.9 Å². The van der Waals surface area contributed by atoms with Crippen LogP contribution < -0.4 is 10.5 Å². The first kappa shape index (κ1) is 14.2. The third kappa shape index (κ3) is 3.23. The van der Waals surface area contributed by atoms with Crippen LogP contribution in [0.3, 0.4) is 0 Å². The zero-order valence-electron chi connectivity index (χ0n) is 10.8. The molecule has 0 aliphatic heterocycles. The van der Waals surface area contributed by atoms with Crippen LogP contribution in [0.25, 0.3) is 0 Å². The van der Waals surface area contributed by atoms with Gasteiger partial charge in [0.05, 0.1) is 30.1 Å². The quantitative estimate of drug-likeness (QED) is 0.862. The highest BCUT2D eigenvalue weighted by molar-refractivity contribution is 7.99. The van der Waals surface area contributed by atoms with Gasteiger partial charge in [-0.25, -0.2) is 0 Å². The second kappa shape index (κ2) is 6.32. The fourth-order valence-corrected chi connectivity index (χ4v) is 3.02. The van der Waals surface area contributed by atoms with Gasteiger partial charge in [-0.05, 0) is 12.1 Å². The van der Waals surface area contributed by atoms with Crippen LogP contribution in [0.5, 0.6) is 5.75 Å². The van der Waals surface area contributed by atoms with E-state index in [0.29, 0.717) is 5.75 Å². The molecule has 0 saturated heterocycles. The Bertz CT molecular complexity index is 559. The normalized spacial score (nSPS) is 12.4. The zero-order chi connectivity index (χ0) is 13.8. The van der Waals surface area contributed by atoms with E-state index < -0.39 is 0 Å². The lowest BCUT2D eigenvalue weighted by molar-refractivity contribution is 0.405. The molecule has 4 nitrogen and oxygen atoms in total. The van der Waals surface area contributed by atoms with Crippen LogP contribution in [-0.4, -0.2) is 22.6 Å². The fourth-order valence-electron chi connectivity index (χ4n) is 1.83. The molecule has 19 heavy (non-hydrogen) atoms. The van der Waals surface area contributed by atoms with Crippen LogP contribution in [0.15, 0.2) is 35.4 Å². The van der Waals surface area contributed by atoms with Crippen LogP contribution in [0.2, 0.25) is 5.02 Å². The summed E-state index contributed by atoms with van der Waals surface area (Å²) < 4.78 is 7.01. The molecule has 1 unspecified atom stereocenters. The van der Waals surface area contributed by atoms with Crippen molar-refractivity contribution in [3.8, 4) is 5.75 Å². The lowest BCUT2D eigenvalue weighted by Gasteiger charge is -2.14. The summed E-state index contributed by atoms with van der Waals surface area (Å²) >= 11 is 7.75. The van der Waals surface area contributed by atoms with E-state index >= 15 is 0 Å². The van der Waals surface area contributed by atoms with E-state index in [1.165, 1.54) is 0 Å². The van der Waals surface area contributed by atoms with E-state index in [0.717, 1.165) is 21.4 Å². The van der Waals surface area contributed by atoms with Gasteiger partial charge < -0.3 is 10.5 Å². The van der Waals surface area contributed by atoms with Crippen LogP contribution in [0.4, 0.5) is 0 Å². The largest absolute Gasteiger partial charge is 0.493 e. The summed E-state index contributed by atoms with van der Waals surface area (Å²) in [6.07, 6.45) is 1.68. The topological polar surface area (TPSA) is 53.1 Å². The summed E-state index contributed by atoms with van der Waals surface area (Å²) in [5, 5.41) is 4.90. The number of aryl methyl sites for hydroxylation is 1. The molecule has 0 fully saturated rings. The Morgan fingerprint density at radius 2 is 2.21 bits per heavy atom. The first-order valence-corrected chi connectivity index (χ1v) is 7.18. The highest BCUT2D eigenvalue weighted by atomic mass is 35.5. The molecule has 2 rings (SSSR count). The van der Waals surface area contributed by atoms with Crippen molar-refractivity contribution in [2.24, 2.45) is 12.8 Å². The minimum absolute atomic E-state index is 0.163. The van der Waals surface area contributed by atoms with Gasteiger partial charge in [-0.3, -0.25) is 4.68 Å². The number of methoxy groups -OCH3 is 1. The zero-order valence-corrected chi connectivity index (χ0v) is 12.4. The number of ether oxygens (including phenoxy) is 1. The Kier molecular flexibility index (Phi) is 4.74. The van der Waals surface area contributed by atoms with E-state index in [4.69, 9.17) is 22.1 Å². The Balaban J connectivity index is 2.07. The summed E-state index contributed by atoms with van der Waals surface area (Å²) in [5.74, 6) is 1.43. The first-order valence-electron chi connectivity index (χ1n) is 5.82. The van der Waals surface area contributed by atoms with Crippen LogP contribution in [-0.2, 0) is 7.05 Å². The van der Waals surface area contributed by atoms with Crippen molar-refractivity contribution in [3.63, 3.8) is 0 Å². The van der Waals surface area contributed by atoms with Gasteiger partial charge in [-0.1, -0.05) is 23.7 Å². The SMILES string of the molecule is COc1cnn(C)c1C(N)CSc1ccccc1Cl. The minimum Gasteiger partial charge on any atom is -0.493 e. The maximum absolute atomic E-state index is 6.21. The maximum Gasteiger partial charge on any atom is 0.161 e. The van der Waals surface area contributed by atoms with Crippen LogP contribution in [0.1, 0.15) is 11.7 Å². The van der Waals surface area contributed by atoms with Crippen molar-refractivity contribution in [1.29, 1.82) is 0 Å². The minimum atomic E-state index is -0.163. The third-order valence-electron chi connectivity index (χ3n) is 2.78. The highest BCUT2D eigenvalue weighted by Crippen LogP contribution is 2.31. The Hall–Kier alpha value is -1.17. The lowest BCUT2D eigenvalue weighted by atomic mass is 10.2. The molecule has 0 spiro atoms. The molecule has 2 N–H and O–H groups in total. The first-order chi connectivity index (χ1) is 9.13. The van der Waals surface area contributed by atoms with Gasteiger partial charge in [0.2, 0.25) is 0 Å². The molecule has 0 aliphatic rings.